The second-order valence-corrected chi connectivity index (χ2v) is 10.5. The van der Waals surface area contributed by atoms with Gasteiger partial charge in [-0.1, -0.05) is 17.4 Å². The van der Waals surface area contributed by atoms with E-state index in [2.05, 4.69) is 43.5 Å². The van der Waals surface area contributed by atoms with E-state index in [1.807, 2.05) is 12.3 Å². The number of likely N-dealkylation sites (tertiary alicyclic amines) is 1. The maximum Gasteiger partial charge on any atom is 0.350 e. The third-order valence-electron chi connectivity index (χ3n) is 6.93. The molecule has 0 aromatic carbocycles. The Hall–Kier alpha value is -3.31. The van der Waals surface area contributed by atoms with Crippen molar-refractivity contribution in [2.24, 2.45) is 0 Å². The number of ether oxygens (including phenoxy) is 1. The Balaban J connectivity index is 1.39. The number of nitrogens with one attached hydrogen (secondary N) is 2. The molecule has 2 N–H and O–H groups in total. The SMILES string of the molecule is CCOC(=O)c1sc(Nc2nc(NCCC3CCCN3C)c3c(n2)N(Cc2cccnc2)CC3)nc1C. The number of aryl methyl sites for hydroxylation is 1. The van der Waals surface area contributed by atoms with E-state index in [0.29, 0.717) is 34.3 Å². The van der Waals surface area contributed by atoms with Gasteiger partial charge in [0.05, 0.1) is 12.3 Å². The number of rotatable bonds is 10. The van der Waals surface area contributed by atoms with Crippen molar-refractivity contribution in [3.05, 3.63) is 46.2 Å². The highest BCUT2D eigenvalue weighted by Crippen LogP contribution is 2.35. The van der Waals surface area contributed by atoms with Gasteiger partial charge in [-0.15, -0.1) is 0 Å². The van der Waals surface area contributed by atoms with Crippen LogP contribution in [0.5, 0.6) is 0 Å². The third-order valence-corrected chi connectivity index (χ3v) is 7.98. The minimum Gasteiger partial charge on any atom is -0.462 e. The molecule has 5 rings (SSSR count). The summed E-state index contributed by atoms with van der Waals surface area (Å²) >= 11 is 1.26. The summed E-state index contributed by atoms with van der Waals surface area (Å²) in [6, 6.07) is 4.65. The first-order valence-corrected chi connectivity index (χ1v) is 13.7. The van der Waals surface area contributed by atoms with Crippen molar-refractivity contribution in [3.8, 4) is 0 Å². The number of carbonyl (C=O) groups is 1. The molecule has 0 radical (unpaired) electrons. The van der Waals surface area contributed by atoms with E-state index in [1.54, 1.807) is 20.0 Å². The molecular formula is C26H34N8O2S. The topological polar surface area (TPSA) is 108 Å². The molecule has 0 bridgehead atoms. The smallest absolute Gasteiger partial charge is 0.350 e. The highest BCUT2D eigenvalue weighted by Gasteiger charge is 2.27. The molecule has 1 atom stereocenters. The van der Waals surface area contributed by atoms with E-state index in [9.17, 15) is 4.79 Å². The van der Waals surface area contributed by atoms with E-state index in [1.165, 1.54) is 30.7 Å². The van der Waals surface area contributed by atoms with Gasteiger partial charge in [-0.25, -0.2) is 9.78 Å². The standard InChI is InChI=1S/C26H34N8O2S/c1-4-36-24(35)21-17(2)29-26(37-21)32-25-30-22(28-12-9-19-8-6-13-33(19)3)20-10-14-34(23(20)31-25)16-18-7-5-11-27-15-18/h5,7,11,15,19H,4,6,8-10,12-14,16H2,1-3H3,(H2,28,29,30,31,32). The van der Waals surface area contributed by atoms with Crippen molar-refractivity contribution in [1.82, 2.24) is 24.8 Å². The second kappa shape index (κ2) is 11.4. The molecule has 0 aliphatic carbocycles. The van der Waals surface area contributed by atoms with Gasteiger partial charge in [0.2, 0.25) is 5.95 Å². The predicted molar refractivity (Wildman–Crippen MR) is 146 cm³/mol. The lowest BCUT2D eigenvalue weighted by atomic mass is 10.1. The van der Waals surface area contributed by atoms with Crippen LogP contribution in [-0.2, 0) is 17.7 Å². The number of anilines is 4. The van der Waals surface area contributed by atoms with Gasteiger partial charge in [-0.05, 0) is 64.8 Å². The summed E-state index contributed by atoms with van der Waals surface area (Å²) in [5, 5.41) is 7.42. The number of pyridine rings is 1. The molecule has 0 spiro atoms. The summed E-state index contributed by atoms with van der Waals surface area (Å²) in [4.78, 5) is 36.0. The minimum absolute atomic E-state index is 0.325. The summed E-state index contributed by atoms with van der Waals surface area (Å²) in [6.07, 6.45) is 8.15. The van der Waals surface area contributed by atoms with Crippen LogP contribution in [0, 0.1) is 6.92 Å². The van der Waals surface area contributed by atoms with Gasteiger partial charge >= 0.3 is 5.97 Å². The normalized spacial score (nSPS) is 17.2. The van der Waals surface area contributed by atoms with Crippen molar-refractivity contribution in [1.29, 1.82) is 0 Å². The Kier molecular flexibility index (Phi) is 7.80. The summed E-state index contributed by atoms with van der Waals surface area (Å²) in [5.41, 5.74) is 2.90. The van der Waals surface area contributed by atoms with Gasteiger partial charge in [0.1, 0.15) is 16.5 Å². The van der Waals surface area contributed by atoms with Gasteiger partial charge in [0, 0.05) is 43.6 Å². The van der Waals surface area contributed by atoms with Gasteiger partial charge in [0.15, 0.2) is 5.13 Å². The number of fused-ring (bicyclic) bond motifs is 1. The molecule has 1 saturated heterocycles. The van der Waals surface area contributed by atoms with Crippen LogP contribution in [0.25, 0.3) is 0 Å². The van der Waals surface area contributed by atoms with Crippen molar-refractivity contribution in [2.75, 3.05) is 48.8 Å². The Labute approximate surface area is 221 Å². The number of hydrogen-bond donors (Lipinski definition) is 2. The number of aromatic nitrogens is 4. The molecule has 5 heterocycles. The number of nitrogens with zero attached hydrogens (tertiary/aromatic N) is 6. The fourth-order valence-corrected chi connectivity index (χ4v) is 5.87. The fourth-order valence-electron chi connectivity index (χ4n) is 5.02. The first-order valence-electron chi connectivity index (χ1n) is 12.9. The zero-order chi connectivity index (χ0) is 25.8. The Morgan fingerprint density at radius 3 is 2.92 bits per heavy atom. The van der Waals surface area contributed by atoms with E-state index in [4.69, 9.17) is 14.7 Å². The second-order valence-electron chi connectivity index (χ2n) is 9.50. The molecule has 10 nitrogen and oxygen atoms in total. The van der Waals surface area contributed by atoms with Crippen LogP contribution < -0.4 is 15.5 Å². The lowest BCUT2D eigenvalue weighted by molar-refractivity contribution is 0.0531. The zero-order valence-electron chi connectivity index (χ0n) is 21.7. The van der Waals surface area contributed by atoms with Crippen molar-refractivity contribution in [3.63, 3.8) is 0 Å². The maximum atomic E-state index is 12.3. The average molecular weight is 523 g/mol. The van der Waals surface area contributed by atoms with Crippen molar-refractivity contribution in [2.45, 2.75) is 52.1 Å². The first kappa shape index (κ1) is 25.3. The quantitative estimate of drug-likeness (QED) is 0.379. The Morgan fingerprint density at radius 2 is 2.16 bits per heavy atom. The first-order chi connectivity index (χ1) is 18.0. The fraction of sp³-hybridized carbons (Fsp3) is 0.500. The van der Waals surface area contributed by atoms with Gasteiger partial charge in [0.25, 0.3) is 0 Å². The molecule has 0 saturated carbocycles. The van der Waals surface area contributed by atoms with Gasteiger partial charge < -0.3 is 19.9 Å². The molecule has 1 unspecified atom stereocenters. The molecule has 196 valence electrons. The van der Waals surface area contributed by atoms with E-state index >= 15 is 0 Å². The Morgan fingerprint density at radius 1 is 1.27 bits per heavy atom. The summed E-state index contributed by atoms with van der Waals surface area (Å²) < 4.78 is 5.16. The third kappa shape index (κ3) is 5.83. The van der Waals surface area contributed by atoms with Crippen molar-refractivity contribution < 1.29 is 9.53 Å². The van der Waals surface area contributed by atoms with Crippen LogP contribution in [0.2, 0.25) is 0 Å². The summed E-state index contributed by atoms with van der Waals surface area (Å²) in [6.45, 7) is 7.54. The van der Waals surface area contributed by atoms with E-state index in [-0.39, 0.29) is 5.97 Å². The van der Waals surface area contributed by atoms with E-state index in [0.717, 1.165) is 55.2 Å². The van der Waals surface area contributed by atoms with Crippen LogP contribution >= 0.6 is 11.3 Å². The van der Waals surface area contributed by atoms with Crippen LogP contribution in [-0.4, -0.2) is 70.1 Å². The highest BCUT2D eigenvalue weighted by atomic mass is 32.1. The van der Waals surface area contributed by atoms with Crippen molar-refractivity contribution >= 4 is 40.0 Å². The number of thiazole rings is 1. The molecule has 2 aliphatic rings. The van der Waals surface area contributed by atoms with Crippen LogP contribution in [0.3, 0.4) is 0 Å². The summed E-state index contributed by atoms with van der Waals surface area (Å²) in [7, 11) is 2.21. The average Bonchev–Trinajstić information content (AvgIpc) is 3.59. The molecule has 3 aromatic rings. The molecular weight excluding hydrogens is 488 g/mol. The predicted octanol–water partition coefficient (Wildman–Crippen LogP) is 4.02. The molecule has 3 aromatic heterocycles. The lowest BCUT2D eigenvalue weighted by Crippen LogP contribution is -2.27. The number of esters is 1. The highest BCUT2D eigenvalue weighted by molar-refractivity contribution is 7.17. The van der Waals surface area contributed by atoms with Gasteiger partial charge in [-0.3, -0.25) is 10.3 Å². The molecule has 0 amide bonds. The zero-order valence-corrected chi connectivity index (χ0v) is 22.5. The number of hydrogen-bond acceptors (Lipinski definition) is 11. The molecule has 11 heteroatoms. The lowest BCUT2D eigenvalue weighted by Gasteiger charge is -2.21. The number of carbonyl (C=O) groups excluding carboxylic acids is 1. The maximum absolute atomic E-state index is 12.3. The molecule has 37 heavy (non-hydrogen) atoms. The van der Waals surface area contributed by atoms with Gasteiger partial charge in [-0.2, -0.15) is 9.97 Å². The minimum atomic E-state index is -0.359. The van der Waals surface area contributed by atoms with E-state index < -0.39 is 0 Å². The van der Waals surface area contributed by atoms with Crippen LogP contribution in [0.1, 0.15) is 52.7 Å². The Bertz CT molecular complexity index is 1230. The summed E-state index contributed by atoms with van der Waals surface area (Å²) in [5.74, 6) is 1.88. The monoisotopic (exact) mass is 522 g/mol. The molecule has 1 fully saturated rings. The largest absolute Gasteiger partial charge is 0.462 e. The molecule has 2 aliphatic heterocycles. The van der Waals surface area contributed by atoms with Crippen LogP contribution in [0.15, 0.2) is 24.5 Å². The van der Waals surface area contributed by atoms with Crippen LogP contribution in [0.4, 0.5) is 22.7 Å².